The second-order valence-electron chi connectivity index (χ2n) is 2.17. The van der Waals surface area contributed by atoms with E-state index in [0.717, 1.165) is 32.4 Å². The van der Waals surface area contributed by atoms with Crippen molar-refractivity contribution >= 4 is 7.85 Å². The average molecular weight is 125 g/mol. The third kappa shape index (κ3) is 4.52. The van der Waals surface area contributed by atoms with Crippen LogP contribution >= 0.6 is 0 Å². The molecular formula is C7H16BN. The van der Waals surface area contributed by atoms with Crippen LogP contribution in [0.15, 0.2) is 0 Å². The van der Waals surface area contributed by atoms with Crippen molar-refractivity contribution in [2.75, 3.05) is 19.6 Å². The molecular weight excluding hydrogens is 109 g/mol. The van der Waals surface area contributed by atoms with Gasteiger partial charge in [-0.3, -0.25) is 0 Å². The maximum atomic E-state index is 5.36. The average Bonchev–Trinajstić information content (AvgIpc) is 1.91. The van der Waals surface area contributed by atoms with Gasteiger partial charge in [0.25, 0.3) is 0 Å². The zero-order valence-corrected chi connectivity index (χ0v) is 6.56. The molecule has 0 saturated carbocycles. The lowest BCUT2D eigenvalue weighted by molar-refractivity contribution is 0.305. The van der Waals surface area contributed by atoms with Gasteiger partial charge in [0.1, 0.15) is 0 Å². The van der Waals surface area contributed by atoms with E-state index in [-0.39, 0.29) is 0 Å². The summed E-state index contributed by atoms with van der Waals surface area (Å²) in [6.45, 7) is 7.82. The van der Waals surface area contributed by atoms with Crippen LogP contribution in [0.2, 0.25) is 6.32 Å². The molecule has 0 atom stereocenters. The number of nitrogens with zero attached hydrogens (tertiary/aromatic N) is 1. The summed E-state index contributed by atoms with van der Waals surface area (Å²) in [4.78, 5) is 2.38. The molecule has 0 fully saturated rings. The van der Waals surface area contributed by atoms with Gasteiger partial charge in [0.15, 0.2) is 0 Å². The zero-order chi connectivity index (χ0) is 7.11. The molecule has 0 unspecified atom stereocenters. The summed E-state index contributed by atoms with van der Waals surface area (Å²) >= 11 is 0. The first-order valence-electron chi connectivity index (χ1n) is 3.77. The molecule has 0 amide bonds. The van der Waals surface area contributed by atoms with Crippen molar-refractivity contribution in [3.05, 3.63) is 0 Å². The van der Waals surface area contributed by atoms with E-state index < -0.39 is 0 Å². The van der Waals surface area contributed by atoms with E-state index in [1.54, 1.807) is 0 Å². The van der Waals surface area contributed by atoms with Crippen molar-refractivity contribution in [3.63, 3.8) is 0 Å². The van der Waals surface area contributed by atoms with Crippen LogP contribution in [0.5, 0.6) is 0 Å². The summed E-state index contributed by atoms with van der Waals surface area (Å²) in [6, 6.07) is 0. The Bertz CT molecular complexity index is 52.9. The molecule has 0 aliphatic carbocycles. The second kappa shape index (κ2) is 6.15. The summed E-state index contributed by atoms with van der Waals surface area (Å²) in [5.41, 5.74) is 0. The number of hydrogen-bond donors (Lipinski definition) is 0. The minimum absolute atomic E-state index is 0.816. The summed E-state index contributed by atoms with van der Waals surface area (Å²) < 4.78 is 0. The smallest absolute Gasteiger partial charge is 0.0653 e. The van der Waals surface area contributed by atoms with Crippen LogP contribution in [0.4, 0.5) is 0 Å². The fraction of sp³-hybridized carbons (Fsp3) is 1.00. The van der Waals surface area contributed by atoms with Crippen molar-refractivity contribution in [1.29, 1.82) is 0 Å². The van der Waals surface area contributed by atoms with Gasteiger partial charge >= 0.3 is 0 Å². The topological polar surface area (TPSA) is 3.24 Å². The summed E-state index contributed by atoms with van der Waals surface area (Å²) in [5.74, 6) is 0. The monoisotopic (exact) mass is 125 g/mol. The molecule has 0 saturated heterocycles. The maximum Gasteiger partial charge on any atom is 0.0653 e. The van der Waals surface area contributed by atoms with E-state index in [1.165, 1.54) is 0 Å². The highest BCUT2D eigenvalue weighted by Gasteiger charge is 1.94. The van der Waals surface area contributed by atoms with Gasteiger partial charge in [-0.2, -0.15) is 0 Å². The van der Waals surface area contributed by atoms with Gasteiger partial charge in [-0.15, -0.1) is 0 Å². The first-order chi connectivity index (χ1) is 4.35. The van der Waals surface area contributed by atoms with E-state index in [1.807, 2.05) is 0 Å². The fourth-order valence-electron chi connectivity index (χ4n) is 0.855. The molecule has 52 valence electrons. The Kier molecular flexibility index (Phi) is 6.17. The van der Waals surface area contributed by atoms with Crippen LogP contribution in [0.1, 0.15) is 20.3 Å². The maximum absolute atomic E-state index is 5.36. The molecule has 0 aromatic heterocycles. The van der Waals surface area contributed by atoms with Crippen molar-refractivity contribution in [2.24, 2.45) is 0 Å². The summed E-state index contributed by atoms with van der Waals surface area (Å²) in [6.07, 6.45) is 1.94. The SMILES string of the molecule is [B]CCCN(CC)CC. The van der Waals surface area contributed by atoms with E-state index >= 15 is 0 Å². The van der Waals surface area contributed by atoms with E-state index in [0.29, 0.717) is 0 Å². The van der Waals surface area contributed by atoms with Gasteiger partial charge in [-0.05, 0) is 26.1 Å². The first-order valence-corrected chi connectivity index (χ1v) is 3.77. The molecule has 2 heteroatoms. The Hall–Kier alpha value is 0.0249. The molecule has 0 aromatic carbocycles. The third-order valence-electron chi connectivity index (χ3n) is 1.57. The van der Waals surface area contributed by atoms with Crippen LogP contribution in [0, 0.1) is 0 Å². The van der Waals surface area contributed by atoms with Gasteiger partial charge in [-0.1, -0.05) is 20.2 Å². The molecule has 9 heavy (non-hydrogen) atoms. The molecule has 0 aliphatic rings. The van der Waals surface area contributed by atoms with Gasteiger partial charge in [0.2, 0.25) is 0 Å². The van der Waals surface area contributed by atoms with Crippen LogP contribution in [0.3, 0.4) is 0 Å². The summed E-state index contributed by atoms with van der Waals surface area (Å²) in [5, 5.41) is 0. The van der Waals surface area contributed by atoms with Gasteiger partial charge in [0, 0.05) is 0 Å². The van der Waals surface area contributed by atoms with E-state index in [9.17, 15) is 0 Å². The largest absolute Gasteiger partial charge is 0.304 e. The highest BCUT2D eigenvalue weighted by Crippen LogP contribution is 1.91. The minimum atomic E-state index is 0.816. The van der Waals surface area contributed by atoms with Crippen molar-refractivity contribution in [3.8, 4) is 0 Å². The van der Waals surface area contributed by atoms with Gasteiger partial charge in [0.05, 0.1) is 7.85 Å². The highest BCUT2D eigenvalue weighted by atomic mass is 15.1. The van der Waals surface area contributed by atoms with Crippen LogP contribution in [-0.2, 0) is 0 Å². The molecule has 1 nitrogen and oxygen atoms in total. The molecule has 0 spiro atoms. The van der Waals surface area contributed by atoms with Crippen LogP contribution in [-0.4, -0.2) is 32.4 Å². The molecule has 0 heterocycles. The molecule has 0 rings (SSSR count). The van der Waals surface area contributed by atoms with E-state index in [2.05, 4.69) is 18.7 Å². The Balaban J connectivity index is 3.09. The molecule has 0 aromatic rings. The lowest BCUT2D eigenvalue weighted by atomic mass is 10.0. The summed E-state index contributed by atoms with van der Waals surface area (Å²) in [7, 11) is 5.36. The standard InChI is InChI=1S/C7H16BN/c1-3-9(4-2)7-5-6-8/h3-7H2,1-2H3. The van der Waals surface area contributed by atoms with Crippen LogP contribution in [0.25, 0.3) is 0 Å². The Morgan fingerprint density at radius 3 is 2.11 bits per heavy atom. The van der Waals surface area contributed by atoms with Crippen LogP contribution < -0.4 is 0 Å². The molecule has 0 bridgehead atoms. The number of hydrogen-bond acceptors (Lipinski definition) is 1. The van der Waals surface area contributed by atoms with Crippen molar-refractivity contribution in [2.45, 2.75) is 26.6 Å². The quantitative estimate of drug-likeness (QED) is 0.500. The van der Waals surface area contributed by atoms with Gasteiger partial charge in [-0.25, -0.2) is 0 Å². The minimum Gasteiger partial charge on any atom is -0.304 e. The second-order valence-corrected chi connectivity index (χ2v) is 2.17. The lowest BCUT2D eigenvalue weighted by Gasteiger charge is -2.16. The van der Waals surface area contributed by atoms with Crippen molar-refractivity contribution < 1.29 is 0 Å². The third-order valence-corrected chi connectivity index (χ3v) is 1.57. The predicted molar refractivity (Wildman–Crippen MR) is 43.0 cm³/mol. The molecule has 0 aliphatic heterocycles. The highest BCUT2D eigenvalue weighted by molar-refractivity contribution is 6.08. The fourth-order valence-corrected chi connectivity index (χ4v) is 0.855. The predicted octanol–water partition coefficient (Wildman–Crippen LogP) is 1.31. The zero-order valence-electron chi connectivity index (χ0n) is 6.56. The Morgan fingerprint density at radius 2 is 1.78 bits per heavy atom. The lowest BCUT2D eigenvalue weighted by Crippen LogP contribution is -2.23. The number of rotatable bonds is 5. The normalized spacial score (nSPS) is 10.6. The van der Waals surface area contributed by atoms with E-state index in [4.69, 9.17) is 7.85 Å². The first kappa shape index (κ1) is 9.02. The van der Waals surface area contributed by atoms with Gasteiger partial charge < -0.3 is 4.90 Å². The van der Waals surface area contributed by atoms with Crippen molar-refractivity contribution in [1.82, 2.24) is 4.90 Å². The molecule has 0 N–H and O–H groups in total. The molecule has 2 radical (unpaired) electrons. The Labute approximate surface area is 59.8 Å². The Morgan fingerprint density at radius 1 is 1.22 bits per heavy atom.